The highest BCUT2D eigenvalue weighted by atomic mass is 19.5. The third kappa shape index (κ3) is 6.81. The molecule has 4 nitrogen and oxygen atoms in total. The molecule has 4 rings (SSSR count). The van der Waals surface area contributed by atoms with Gasteiger partial charge in [0, 0.05) is 17.7 Å². The number of hydrogen-bond donors (Lipinski definition) is 1. The summed E-state index contributed by atoms with van der Waals surface area (Å²) in [6.07, 6.45) is 0.948. The van der Waals surface area contributed by atoms with Gasteiger partial charge in [-0.05, 0) is 36.2 Å². The van der Waals surface area contributed by atoms with Crippen molar-refractivity contribution in [3.05, 3.63) is 95.3 Å². The van der Waals surface area contributed by atoms with Crippen LogP contribution in [0, 0.1) is 0 Å². The highest BCUT2D eigenvalue weighted by molar-refractivity contribution is 6.50. The summed E-state index contributed by atoms with van der Waals surface area (Å²) < 4.78 is 50.0. The Bertz CT molecular complexity index is 1330. The molecule has 1 aromatic heterocycles. The smallest absolute Gasteiger partial charge is 0.465 e. The van der Waals surface area contributed by atoms with Gasteiger partial charge in [-0.2, -0.15) is 0 Å². The van der Waals surface area contributed by atoms with Crippen molar-refractivity contribution in [1.29, 1.82) is 0 Å². The number of methoxy groups -OCH3 is 1. The molecule has 0 saturated carbocycles. The number of carbonyl (C=O) groups excluding carboxylic acids is 1. The Morgan fingerprint density at radius 2 is 1.59 bits per heavy atom. The predicted octanol–water partition coefficient (Wildman–Crippen LogP) is 5.06. The Morgan fingerprint density at radius 1 is 0.941 bits per heavy atom. The predicted molar refractivity (Wildman–Crippen MR) is 123 cm³/mol. The van der Waals surface area contributed by atoms with Crippen molar-refractivity contribution in [2.24, 2.45) is 0 Å². The Balaban J connectivity index is 0.000000588. The molecule has 0 aliphatic heterocycles. The summed E-state index contributed by atoms with van der Waals surface area (Å²) in [5.74, 6) is 0.440. The summed E-state index contributed by atoms with van der Waals surface area (Å²) in [6.45, 7) is 2.13. The molecule has 0 aliphatic rings. The fourth-order valence-electron chi connectivity index (χ4n) is 3.26. The normalized spacial score (nSPS) is 11.6. The summed E-state index contributed by atoms with van der Waals surface area (Å²) in [6, 6.07) is 25.5. The minimum atomic E-state index is -6.00. The van der Waals surface area contributed by atoms with Crippen molar-refractivity contribution in [2.75, 3.05) is 7.11 Å². The fraction of sp³-hybridized carbons (Fsp3) is 0.120. The van der Waals surface area contributed by atoms with Gasteiger partial charge in [-0.25, -0.2) is 9.79 Å². The van der Waals surface area contributed by atoms with E-state index in [0.717, 1.165) is 39.8 Å². The average molecular weight is 471 g/mol. The molecule has 0 radical (unpaired) electrons. The lowest BCUT2D eigenvalue weighted by molar-refractivity contribution is -0.400. The molecule has 0 saturated heterocycles. The lowest BCUT2D eigenvalue weighted by atomic mass is 10.1. The Morgan fingerprint density at radius 3 is 2.18 bits per heavy atom. The van der Waals surface area contributed by atoms with Crippen LogP contribution in [0.5, 0.6) is 0 Å². The summed E-state index contributed by atoms with van der Waals surface area (Å²) >= 11 is 0. The Hall–Kier alpha value is -3.88. The first-order valence-electron chi connectivity index (χ1n) is 10.5. The molecule has 0 aliphatic carbocycles. The van der Waals surface area contributed by atoms with Crippen molar-refractivity contribution in [2.45, 2.75) is 13.3 Å². The van der Waals surface area contributed by atoms with Crippen LogP contribution >= 0.6 is 0 Å². The summed E-state index contributed by atoms with van der Waals surface area (Å²) in [5.41, 5.74) is 4.47. The molecule has 0 spiro atoms. The van der Waals surface area contributed by atoms with Crippen LogP contribution in [-0.2, 0) is 11.2 Å². The van der Waals surface area contributed by atoms with Crippen molar-refractivity contribution in [3.8, 4) is 11.3 Å². The molecule has 9 heteroatoms. The van der Waals surface area contributed by atoms with Crippen LogP contribution in [0.15, 0.2) is 83.3 Å². The minimum Gasteiger partial charge on any atom is -0.465 e. The molecule has 1 N–H and O–H groups in total. The van der Waals surface area contributed by atoms with E-state index in [1.165, 1.54) is 12.7 Å². The molecule has 3 aromatic carbocycles. The summed E-state index contributed by atoms with van der Waals surface area (Å²) in [7, 11) is -4.62. The fourth-order valence-corrected chi connectivity index (χ4v) is 3.26. The number of esters is 1. The number of halogens is 4. The van der Waals surface area contributed by atoms with E-state index >= 15 is 0 Å². The molecular weight excluding hydrogens is 449 g/mol. The third-order valence-electron chi connectivity index (χ3n) is 4.88. The van der Waals surface area contributed by atoms with Gasteiger partial charge < -0.3 is 26.4 Å². The SMILES string of the molecule is CCc1ccc2oc(-c3ccccc3)cc(=[NH+]c3ccc(C(=O)OC)cc3)c2c1.F[B-](F)(F)F. The van der Waals surface area contributed by atoms with E-state index in [1.807, 2.05) is 54.6 Å². The lowest BCUT2D eigenvalue weighted by Gasteiger charge is -2.04. The van der Waals surface area contributed by atoms with Gasteiger partial charge in [0.15, 0.2) is 0 Å². The van der Waals surface area contributed by atoms with Gasteiger partial charge in [-0.1, -0.05) is 43.3 Å². The maximum Gasteiger partial charge on any atom is 0.673 e. The molecule has 1 heterocycles. The van der Waals surface area contributed by atoms with Gasteiger partial charge in [-0.15, -0.1) is 0 Å². The van der Waals surface area contributed by atoms with Crippen LogP contribution in [0.2, 0.25) is 0 Å². The molecule has 0 unspecified atom stereocenters. The van der Waals surface area contributed by atoms with E-state index in [1.54, 1.807) is 12.1 Å². The van der Waals surface area contributed by atoms with Crippen LogP contribution in [0.25, 0.3) is 22.3 Å². The van der Waals surface area contributed by atoms with Crippen molar-refractivity contribution in [1.82, 2.24) is 0 Å². The third-order valence-corrected chi connectivity index (χ3v) is 4.88. The number of carbonyl (C=O) groups is 1. The first-order valence-corrected chi connectivity index (χ1v) is 10.5. The van der Waals surface area contributed by atoms with E-state index in [0.29, 0.717) is 5.56 Å². The minimum absolute atomic E-state index is 0.348. The largest absolute Gasteiger partial charge is 0.673 e. The number of ether oxygens (including phenoxy) is 1. The van der Waals surface area contributed by atoms with Crippen LogP contribution in [0.3, 0.4) is 0 Å². The molecule has 176 valence electrons. The maximum atomic E-state index is 11.7. The zero-order valence-electron chi connectivity index (χ0n) is 18.5. The van der Waals surface area contributed by atoms with Crippen LogP contribution < -0.4 is 10.3 Å². The van der Waals surface area contributed by atoms with Gasteiger partial charge in [-0.3, -0.25) is 0 Å². The van der Waals surface area contributed by atoms with Gasteiger partial charge in [0.2, 0.25) is 11.0 Å². The van der Waals surface area contributed by atoms with E-state index < -0.39 is 7.25 Å². The first kappa shape index (κ1) is 24.8. The molecule has 4 aromatic rings. The summed E-state index contributed by atoms with van der Waals surface area (Å²) in [5, 5.41) is 1.97. The molecule has 0 bridgehead atoms. The number of rotatable bonds is 4. The summed E-state index contributed by atoms with van der Waals surface area (Å²) in [4.78, 5) is 15.2. The maximum absolute atomic E-state index is 11.7. The average Bonchev–Trinajstić information content (AvgIpc) is 2.83. The van der Waals surface area contributed by atoms with E-state index in [9.17, 15) is 22.1 Å². The van der Waals surface area contributed by atoms with Crippen molar-refractivity contribution in [3.63, 3.8) is 0 Å². The number of benzene rings is 3. The quantitative estimate of drug-likeness (QED) is 0.257. The first-order chi connectivity index (χ1) is 16.2. The second-order valence-electron chi connectivity index (χ2n) is 7.26. The van der Waals surface area contributed by atoms with Gasteiger partial charge >= 0.3 is 13.2 Å². The number of aryl methyl sites for hydroxylation is 1. The van der Waals surface area contributed by atoms with E-state index in [2.05, 4.69) is 24.0 Å². The topological polar surface area (TPSA) is 53.4 Å². The number of fused-ring (bicyclic) bond motifs is 1. The standard InChI is InChI=1S/C25H21NO3.BF4/c1-3-17-9-14-23-21(15-17)22(16-24(29-23)18-7-5-4-6-8-18)26-20-12-10-19(11-13-20)25(27)28-2;2-1(3,4)5/h4-16H,3H2,1-2H3;/q;-1/p+1. The van der Waals surface area contributed by atoms with Crippen molar-refractivity contribution < 1.29 is 36.2 Å². The van der Waals surface area contributed by atoms with Crippen LogP contribution in [0.1, 0.15) is 22.8 Å². The van der Waals surface area contributed by atoms with E-state index in [-0.39, 0.29) is 5.97 Å². The van der Waals surface area contributed by atoms with Crippen molar-refractivity contribution >= 4 is 29.9 Å². The van der Waals surface area contributed by atoms with Crippen LogP contribution in [0.4, 0.5) is 23.0 Å². The van der Waals surface area contributed by atoms with Gasteiger partial charge in [0.25, 0.3) is 0 Å². The van der Waals surface area contributed by atoms with Gasteiger partial charge in [0.05, 0.1) is 24.1 Å². The lowest BCUT2D eigenvalue weighted by Crippen LogP contribution is -2.70. The molecular formula is C25H22BF4NO3. The molecule has 34 heavy (non-hydrogen) atoms. The monoisotopic (exact) mass is 471 g/mol. The second kappa shape index (κ2) is 10.8. The molecule has 0 fully saturated rings. The number of hydrogen-bond acceptors (Lipinski definition) is 3. The highest BCUT2D eigenvalue weighted by Crippen LogP contribution is 2.22. The van der Waals surface area contributed by atoms with Gasteiger partial charge in [0.1, 0.15) is 11.3 Å². The zero-order valence-corrected chi connectivity index (χ0v) is 18.5. The molecule has 0 amide bonds. The molecule has 0 atom stereocenters. The highest BCUT2D eigenvalue weighted by Gasteiger charge is 2.20. The number of nitrogens with one attached hydrogen (secondary N) is 1. The van der Waals surface area contributed by atoms with Crippen LogP contribution in [-0.4, -0.2) is 20.3 Å². The Labute approximate surface area is 193 Å². The van der Waals surface area contributed by atoms with E-state index in [4.69, 9.17) is 9.15 Å². The Kier molecular flexibility index (Phi) is 7.89. The zero-order chi connectivity index (χ0) is 24.7. The second-order valence-corrected chi connectivity index (χ2v) is 7.26.